The van der Waals surface area contributed by atoms with Gasteiger partial charge in [-0.2, -0.15) is 13.2 Å². The molecule has 0 aliphatic rings. The Morgan fingerprint density at radius 3 is 2.00 bits per heavy atom. The summed E-state index contributed by atoms with van der Waals surface area (Å²) in [6.45, 7) is 0. The van der Waals surface area contributed by atoms with Gasteiger partial charge in [0, 0.05) is 0 Å². The van der Waals surface area contributed by atoms with E-state index in [0.29, 0.717) is 0 Å². The van der Waals surface area contributed by atoms with E-state index in [1.807, 2.05) is 0 Å². The molecule has 0 unspecified atom stereocenters. The summed E-state index contributed by atoms with van der Waals surface area (Å²) < 4.78 is 69.1. The fraction of sp³-hybridized carbons (Fsp3) is 0.0769. The van der Waals surface area contributed by atoms with Crippen molar-refractivity contribution in [2.45, 2.75) is 6.18 Å². The Kier molecular flexibility index (Phi) is 3.52. The molecule has 20 heavy (non-hydrogen) atoms. The molecule has 0 fully saturated rings. The second-order valence-electron chi connectivity index (χ2n) is 3.91. The zero-order chi connectivity index (χ0) is 14.9. The third kappa shape index (κ3) is 2.81. The van der Waals surface area contributed by atoms with Crippen LogP contribution in [0.15, 0.2) is 36.4 Å². The lowest BCUT2D eigenvalue weighted by Gasteiger charge is -2.12. The average molecular weight is 289 g/mol. The standard InChI is InChI=1S/C13H8F5NO/c14-8-5-7(13(16,17)18)6-9(15)12(8)20-11-4-2-1-3-10(11)19/h1-6H,19H2. The number of benzene rings is 2. The molecule has 0 spiro atoms. The van der Waals surface area contributed by atoms with E-state index in [2.05, 4.69) is 0 Å². The Labute approximate surface area is 110 Å². The smallest absolute Gasteiger partial charge is 0.416 e. The van der Waals surface area contributed by atoms with Crippen molar-refractivity contribution in [3.63, 3.8) is 0 Å². The highest BCUT2D eigenvalue weighted by Crippen LogP contribution is 2.36. The van der Waals surface area contributed by atoms with Crippen LogP contribution in [0.5, 0.6) is 11.5 Å². The third-order valence-corrected chi connectivity index (χ3v) is 2.46. The van der Waals surface area contributed by atoms with Crippen molar-refractivity contribution < 1.29 is 26.7 Å². The van der Waals surface area contributed by atoms with E-state index in [4.69, 9.17) is 10.5 Å². The van der Waals surface area contributed by atoms with E-state index >= 15 is 0 Å². The Bertz CT molecular complexity index is 616. The van der Waals surface area contributed by atoms with Crippen LogP contribution in [0.25, 0.3) is 0 Å². The molecule has 0 bridgehead atoms. The van der Waals surface area contributed by atoms with Gasteiger partial charge in [0.2, 0.25) is 0 Å². The van der Waals surface area contributed by atoms with Gasteiger partial charge in [0.15, 0.2) is 23.1 Å². The van der Waals surface area contributed by atoms with Gasteiger partial charge in [-0.15, -0.1) is 0 Å². The monoisotopic (exact) mass is 289 g/mol. The van der Waals surface area contributed by atoms with Crippen molar-refractivity contribution in [3.05, 3.63) is 53.6 Å². The molecule has 2 rings (SSSR count). The number of halogens is 5. The second-order valence-corrected chi connectivity index (χ2v) is 3.91. The van der Waals surface area contributed by atoms with Gasteiger partial charge in [-0.05, 0) is 24.3 Å². The van der Waals surface area contributed by atoms with Crippen molar-refractivity contribution in [2.24, 2.45) is 0 Å². The van der Waals surface area contributed by atoms with Crippen molar-refractivity contribution in [2.75, 3.05) is 5.73 Å². The number of anilines is 1. The summed E-state index contributed by atoms with van der Waals surface area (Å²) in [5.74, 6) is -3.90. The van der Waals surface area contributed by atoms with Gasteiger partial charge in [0.05, 0.1) is 11.3 Å². The van der Waals surface area contributed by atoms with Crippen LogP contribution in [0.2, 0.25) is 0 Å². The topological polar surface area (TPSA) is 35.2 Å². The summed E-state index contributed by atoms with van der Waals surface area (Å²) >= 11 is 0. The summed E-state index contributed by atoms with van der Waals surface area (Å²) in [6, 6.07) is 6.17. The average Bonchev–Trinajstić information content (AvgIpc) is 2.34. The van der Waals surface area contributed by atoms with Crippen LogP contribution < -0.4 is 10.5 Å². The van der Waals surface area contributed by atoms with Gasteiger partial charge in [-0.25, -0.2) is 8.78 Å². The number of rotatable bonds is 2. The van der Waals surface area contributed by atoms with E-state index in [1.54, 1.807) is 6.07 Å². The Hall–Kier alpha value is -2.31. The van der Waals surface area contributed by atoms with Crippen molar-refractivity contribution in [3.8, 4) is 11.5 Å². The molecule has 0 atom stereocenters. The number of nitrogens with two attached hydrogens (primary N) is 1. The summed E-state index contributed by atoms with van der Waals surface area (Å²) in [4.78, 5) is 0. The highest BCUT2D eigenvalue weighted by molar-refractivity contribution is 5.53. The van der Waals surface area contributed by atoms with Crippen LogP contribution in [-0.4, -0.2) is 0 Å². The van der Waals surface area contributed by atoms with Gasteiger partial charge in [0.1, 0.15) is 0 Å². The van der Waals surface area contributed by atoms with Gasteiger partial charge in [-0.1, -0.05) is 12.1 Å². The fourth-order valence-electron chi connectivity index (χ4n) is 1.50. The van der Waals surface area contributed by atoms with Crippen LogP contribution >= 0.6 is 0 Å². The van der Waals surface area contributed by atoms with Gasteiger partial charge < -0.3 is 10.5 Å². The number of hydrogen-bond acceptors (Lipinski definition) is 2. The summed E-state index contributed by atoms with van der Waals surface area (Å²) in [7, 11) is 0. The molecule has 106 valence electrons. The minimum Gasteiger partial charge on any atom is -0.449 e. The van der Waals surface area contributed by atoms with Crippen molar-refractivity contribution in [1.82, 2.24) is 0 Å². The molecule has 7 heteroatoms. The van der Waals surface area contributed by atoms with Gasteiger partial charge in [0.25, 0.3) is 0 Å². The van der Waals surface area contributed by atoms with Gasteiger partial charge >= 0.3 is 6.18 Å². The lowest BCUT2D eigenvalue weighted by molar-refractivity contribution is -0.138. The number of ether oxygens (including phenoxy) is 1. The molecule has 0 saturated carbocycles. The molecule has 0 amide bonds. The van der Waals surface area contributed by atoms with Crippen LogP contribution in [0, 0.1) is 11.6 Å². The SMILES string of the molecule is Nc1ccccc1Oc1c(F)cc(C(F)(F)F)cc1F. The zero-order valence-electron chi connectivity index (χ0n) is 9.84. The lowest BCUT2D eigenvalue weighted by Crippen LogP contribution is -2.07. The molecule has 2 aromatic rings. The minimum atomic E-state index is -4.84. The van der Waals surface area contributed by atoms with E-state index in [9.17, 15) is 22.0 Å². The largest absolute Gasteiger partial charge is 0.449 e. The van der Waals surface area contributed by atoms with Crippen molar-refractivity contribution in [1.29, 1.82) is 0 Å². The molecule has 2 aromatic carbocycles. The van der Waals surface area contributed by atoms with Crippen molar-refractivity contribution >= 4 is 5.69 Å². The third-order valence-electron chi connectivity index (χ3n) is 2.46. The van der Waals surface area contributed by atoms with E-state index in [-0.39, 0.29) is 23.6 Å². The van der Waals surface area contributed by atoms with Crippen LogP contribution in [0.3, 0.4) is 0 Å². The number of para-hydroxylation sites is 2. The Balaban J connectivity index is 2.42. The number of alkyl halides is 3. The van der Waals surface area contributed by atoms with E-state index in [1.165, 1.54) is 18.2 Å². The summed E-state index contributed by atoms with van der Waals surface area (Å²) in [5, 5.41) is 0. The molecule has 0 saturated heterocycles. The number of hydrogen-bond donors (Lipinski definition) is 1. The minimum absolute atomic E-state index is 0.0509. The van der Waals surface area contributed by atoms with E-state index < -0.39 is 29.1 Å². The second kappa shape index (κ2) is 4.99. The molecule has 0 heterocycles. The first kappa shape index (κ1) is 14.1. The number of nitrogen functional groups attached to an aromatic ring is 1. The highest BCUT2D eigenvalue weighted by Gasteiger charge is 2.33. The maximum Gasteiger partial charge on any atom is 0.416 e. The molecular weight excluding hydrogens is 281 g/mol. The normalized spacial score (nSPS) is 11.4. The first-order valence-electron chi connectivity index (χ1n) is 5.37. The molecule has 0 aliphatic carbocycles. The Morgan fingerprint density at radius 1 is 0.950 bits per heavy atom. The lowest BCUT2D eigenvalue weighted by atomic mass is 10.2. The van der Waals surface area contributed by atoms with Gasteiger partial charge in [-0.3, -0.25) is 0 Å². The maximum atomic E-state index is 13.6. The molecule has 2 N–H and O–H groups in total. The summed E-state index contributed by atoms with van der Waals surface area (Å²) in [6.07, 6.45) is -4.84. The first-order chi connectivity index (χ1) is 9.29. The quantitative estimate of drug-likeness (QED) is 0.658. The molecule has 2 nitrogen and oxygen atoms in total. The maximum absolute atomic E-state index is 13.6. The predicted octanol–water partition coefficient (Wildman–Crippen LogP) is 4.36. The van der Waals surface area contributed by atoms with E-state index in [0.717, 1.165) is 0 Å². The molecular formula is C13H8F5NO. The molecule has 0 radical (unpaired) electrons. The predicted molar refractivity (Wildman–Crippen MR) is 62.3 cm³/mol. The molecule has 0 aromatic heterocycles. The first-order valence-corrected chi connectivity index (χ1v) is 5.37. The Morgan fingerprint density at radius 2 is 1.50 bits per heavy atom. The summed E-state index contributed by atoms with van der Waals surface area (Å²) in [5.41, 5.74) is 4.19. The highest BCUT2D eigenvalue weighted by atomic mass is 19.4. The van der Waals surface area contributed by atoms with Crippen LogP contribution in [0.4, 0.5) is 27.6 Å². The fourth-order valence-corrected chi connectivity index (χ4v) is 1.50. The van der Waals surface area contributed by atoms with Crippen LogP contribution in [0.1, 0.15) is 5.56 Å². The van der Waals surface area contributed by atoms with Crippen LogP contribution in [-0.2, 0) is 6.18 Å². The molecule has 0 aliphatic heterocycles. The zero-order valence-corrected chi connectivity index (χ0v) is 9.84.